The summed E-state index contributed by atoms with van der Waals surface area (Å²) in [5, 5.41) is 11.3. The van der Waals surface area contributed by atoms with Crippen molar-refractivity contribution in [3.8, 4) is 0 Å². The average molecular weight is 241 g/mol. The lowest BCUT2D eigenvalue weighted by Crippen LogP contribution is -2.35. The maximum Gasteiger partial charge on any atom is 0.223 e. The van der Waals surface area contributed by atoms with Gasteiger partial charge in [-0.1, -0.05) is 0 Å². The van der Waals surface area contributed by atoms with Crippen LogP contribution in [0, 0.1) is 11.6 Å². The Bertz CT molecular complexity index is 424. The molecule has 1 fully saturated rings. The molecule has 2 N–H and O–H groups in total. The van der Waals surface area contributed by atoms with Crippen LogP contribution in [0.2, 0.25) is 0 Å². The van der Waals surface area contributed by atoms with Crippen LogP contribution >= 0.6 is 0 Å². The molecule has 0 heterocycles. The highest BCUT2D eigenvalue weighted by molar-refractivity contribution is 5.77. The Morgan fingerprint density at radius 3 is 2.35 bits per heavy atom. The van der Waals surface area contributed by atoms with E-state index in [-0.39, 0.29) is 18.9 Å². The molecular weight excluding hydrogens is 228 g/mol. The second-order valence-corrected chi connectivity index (χ2v) is 4.26. The van der Waals surface area contributed by atoms with Crippen LogP contribution in [0.5, 0.6) is 0 Å². The highest BCUT2D eigenvalue weighted by atomic mass is 19.1. The number of amides is 1. The number of carbonyl (C=O) groups is 1. The minimum Gasteiger partial charge on any atom is -0.396 e. The topological polar surface area (TPSA) is 49.3 Å². The van der Waals surface area contributed by atoms with Gasteiger partial charge in [0.2, 0.25) is 5.91 Å². The predicted octanol–water partition coefficient (Wildman–Crippen LogP) is 1.45. The molecule has 0 atom stereocenters. The van der Waals surface area contributed by atoms with E-state index in [4.69, 9.17) is 5.11 Å². The molecule has 0 saturated heterocycles. The summed E-state index contributed by atoms with van der Waals surface area (Å²) in [6.45, 7) is -0.237. The molecule has 1 aromatic carbocycles. The Morgan fingerprint density at radius 1 is 1.29 bits per heavy atom. The minimum absolute atomic E-state index is 0.000449. The van der Waals surface area contributed by atoms with Gasteiger partial charge < -0.3 is 10.4 Å². The largest absolute Gasteiger partial charge is 0.396 e. The highest BCUT2D eigenvalue weighted by Gasteiger charge is 2.45. The monoisotopic (exact) mass is 241 g/mol. The fraction of sp³-hybridized carbons (Fsp3) is 0.417. The zero-order valence-electron chi connectivity index (χ0n) is 9.17. The van der Waals surface area contributed by atoms with Gasteiger partial charge in [-0.25, -0.2) is 8.78 Å². The summed E-state index contributed by atoms with van der Waals surface area (Å²) < 4.78 is 26.2. The molecule has 0 bridgehead atoms. The molecule has 1 saturated carbocycles. The van der Waals surface area contributed by atoms with Gasteiger partial charge in [0.05, 0.1) is 12.1 Å². The summed E-state index contributed by atoms with van der Waals surface area (Å²) >= 11 is 0. The third-order valence-corrected chi connectivity index (χ3v) is 2.88. The third kappa shape index (κ3) is 2.61. The quantitative estimate of drug-likeness (QED) is 0.838. The van der Waals surface area contributed by atoms with E-state index in [1.54, 1.807) is 0 Å². The first-order valence-electron chi connectivity index (χ1n) is 5.44. The van der Waals surface area contributed by atoms with Crippen molar-refractivity contribution in [3.05, 3.63) is 35.4 Å². The number of nitrogens with one attached hydrogen (secondary N) is 1. The molecule has 3 nitrogen and oxygen atoms in total. The van der Waals surface area contributed by atoms with Crippen molar-refractivity contribution in [1.29, 1.82) is 0 Å². The Balaban J connectivity index is 2.18. The number of benzene rings is 1. The van der Waals surface area contributed by atoms with Crippen LogP contribution in [-0.2, 0) is 10.3 Å². The summed E-state index contributed by atoms with van der Waals surface area (Å²) in [6, 6.07) is 3.26. The van der Waals surface area contributed by atoms with Gasteiger partial charge in [-0.3, -0.25) is 4.79 Å². The number of rotatable bonds is 4. The summed E-state index contributed by atoms with van der Waals surface area (Å²) in [6.07, 6.45) is 1.32. The maximum absolute atomic E-state index is 13.1. The number of halogens is 2. The summed E-state index contributed by atoms with van der Waals surface area (Å²) in [4.78, 5) is 11.4. The van der Waals surface area contributed by atoms with Crippen LogP contribution in [0.25, 0.3) is 0 Å². The Kier molecular flexibility index (Phi) is 3.11. The van der Waals surface area contributed by atoms with E-state index in [0.29, 0.717) is 18.4 Å². The summed E-state index contributed by atoms with van der Waals surface area (Å²) in [5.41, 5.74) is -0.198. The first-order valence-corrected chi connectivity index (χ1v) is 5.44. The second-order valence-electron chi connectivity index (χ2n) is 4.26. The van der Waals surface area contributed by atoms with Crippen LogP contribution < -0.4 is 5.32 Å². The Hall–Kier alpha value is -1.49. The van der Waals surface area contributed by atoms with Crippen LogP contribution in [0.1, 0.15) is 24.8 Å². The zero-order chi connectivity index (χ0) is 12.5. The van der Waals surface area contributed by atoms with Gasteiger partial charge in [0.25, 0.3) is 0 Å². The number of hydrogen-bond donors (Lipinski definition) is 2. The molecule has 2 rings (SSSR count). The lowest BCUT2D eigenvalue weighted by molar-refractivity contribution is -0.122. The molecule has 0 aliphatic heterocycles. The Morgan fingerprint density at radius 2 is 1.88 bits per heavy atom. The molecule has 1 aliphatic carbocycles. The molecule has 0 radical (unpaired) electrons. The van der Waals surface area contributed by atoms with Gasteiger partial charge in [0.15, 0.2) is 0 Å². The van der Waals surface area contributed by atoms with Crippen molar-refractivity contribution < 1.29 is 18.7 Å². The second kappa shape index (κ2) is 4.41. The standard InChI is InChI=1S/C12H13F2NO2/c13-9-5-8(6-10(14)7-9)12(2-3-12)15-11(17)1-4-16/h5-7,16H,1-4H2,(H,15,17). The van der Waals surface area contributed by atoms with E-state index in [9.17, 15) is 13.6 Å². The smallest absolute Gasteiger partial charge is 0.223 e. The maximum atomic E-state index is 13.1. The van der Waals surface area contributed by atoms with E-state index < -0.39 is 17.2 Å². The van der Waals surface area contributed by atoms with Crippen LogP contribution in [0.15, 0.2) is 18.2 Å². The molecule has 1 aliphatic rings. The van der Waals surface area contributed by atoms with E-state index in [1.165, 1.54) is 12.1 Å². The van der Waals surface area contributed by atoms with Crippen molar-refractivity contribution >= 4 is 5.91 Å². The fourth-order valence-corrected chi connectivity index (χ4v) is 1.87. The average Bonchev–Trinajstić information content (AvgIpc) is 2.97. The van der Waals surface area contributed by atoms with E-state index in [2.05, 4.69) is 5.32 Å². The fourth-order valence-electron chi connectivity index (χ4n) is 1.87. The van der Waals surface area contributed by atoms with Gasteiger partial charge in [0.1, 0.15) is 11.6 Å². The van der Waals surface area contributed by atoms with Crippen molar-refractivity contribution in [2.45, 2.75) is 24.8 Å². The number of aliphatic hydroxyl groups is 1. The lowest BCUT2D eigenvalue weighted by atomic mass is 10.0. The van der Waals surface area contributed by atoms with Crippen LogP contribution in [0.4, 0.5) is 8.78 Å². The molecule has 0 unspecified atom stereocenters. The zero-order valence-corrected chi connectivity index (χ0v) is 9.17. The predicted molar refractivity (Wildman–Crippen MR) is 57.1 cm³/mol. The lowest BCUT2D eigenvalue weighted by Gasteiger charge is -2.18. The van der Waals surface area contributed by atoms with Gasteiger partial charge in [-0.2, -0.15) is 0 Å². The van der Waals surface area contributed by atoms with Gasteiger partial charge in [0, 0.05) is 12.5 Å². The van der Waals surface area contributed by atoms with Crippen molar-refractivity contribution in [1.82, 2.24) is 5.32 Å². The number of carbonyl (C=O) groups excluding carboxylic acids is 1. The van der Waals surface area contributed by atoms with Crippen LogP contribution in [0.3, 0.4) is 0 Å². The normalized spacial score (nSPS) is 16.6. The van der Waals surface area contributed by atoms with Gasteiger partial charge >= 0.3 is 0 Å². The SMILES string of the molecule is O=C(CCO)NC1(c2cc(F)cc(F)c2)CC1. The molecule has 5 heteroatoms. The molecule has 92 valence electrons. The molecule has 0 aromatic heterocycles. The molecule has 17 heavy (non-hydrogen) atoms. The minimum atomic E-state index is -0.650. The van der Waals surface area contributed by atoms with Crippen molar-refractivity contribution in [2.24, 2.45) is 0 Å². The first-order chi connectivity index (χ1) is 8.05. The number of aliphatic hydroxyl groups excluding tert-OH is 1. The first kappa shape index (κ1) is 12.0. The summed E-state index contributed by atoms with van der Waals surface area (Å²) in [5.74, 6) is -1.61. The summed E-state index contributed by atoms with van der Waals surface area (Å²) in [7, 11) is 0. The van der Waals surface area contributed by atoms with E-state index in [0.717, 1.165) is 6.07 Å². The van der Waals surface area contributed by atoms with E-state index in [1.807, 2.05) is 0 Å². The number of hydrogen-bond acceptors (Lipinski definition) is 2. The molecule has 0 spiro atoms. The van der Waals surface area contributed by atoms with Crippen LogP contribution in [-0.4, -0.2) is 17.6 Å². The Labute approximate surface area is 97.5 Å². The van der Waals surface area contributed by atoms with Gasteiger partial charge in [-0.15, -0.1) is 0 Å². The van der Waals surface area contributed by atoms with Crippen molar-refractivity contribution in [2.75, 3.05) is 6.61 Å². The van der Waals surface area contributed by atoms with Gasteiger partial charge in [-0.05, 0) is 30.5 Å². The molecule has 1 aromatic rings. The molecular formula is C12H13F2NO2. The van der Waals surface area contributed by atoms with E-state index >= 15 is 0 Å². The van der Waals surface area contributed by atoms with Crippen molar-refractivity contribution in [3.63, 3.8) is 0 Å². The highest BCUT2D eigenvalue weighted by Crippen LogP contribution is 2.45. The third-order valence-electron chi connectivity index (χ3n) is 2.88. The molecule has 1 amide bonds.